The summed E-state index contributed by atoms with van der Waals surface area (Å²) in [5.74, 6) is 1.29. The first-order chi connectivity index (χ1) is 14.7. The summed E-state index contributed by atoms with van der Waals surface area (Å²) in [4.78, 5) is 14.7. The van der Waals surface area contributed by atoms with Gasteiger partial charge in [0, 0.05) is 26.2 Å². The Kier molecular flexibility index (Phi) is 5.94. The quantitative estimate of drug-likeness (QED) is 0.646. The first kappa shape index (κ1) is 19.9. The maximum absolute atomic E-state index is 12.4. The molecule has 1 aliphatic rings. The lowest BCUT2D eigenvalue weighted by atomic mass is 9.99. The van der Waals surface area contributed by atoms with Crippen LogP contribution in [-0.2, 0) is 13.0 Å². The third-order valence-corrected chi connectivity index (χ3v) is 5.26. The van der Waals surface area contributed by atoms with Gasteiger partial charge in [-0.25, -0.2) is 4.68 Å². The lowest BCUT2D eigenvalue weighted by Gasteiger charge is -2.29. The van der Waals surface area contributed by atoms with Gasteiger partial charge in [0.05, 0.1) is 26.1 Å². The zero-order valence-electron chi connectivity index (χ0n) is 17.2. The fourth-order valence-electron chi connectivity index (χ4n) is 3.63. The Morgan fingerprint density at radius 1 is 1.10 bits per heavy atom. The van der Waals surface area contributed by atoms with Crippen LogP contribution in [-0.4, -0.2) is 59.7 Å². The van der Waals surface area contributed by atoms with Crippen molar-refractivity contribution in [2.45, 2.75) is 13.0 Å². The lowest BCUT2D eigenvalue weighted by molar-refractivity contribution is 0.0942. The second-order valence-electron chi connectivity index (χ2n) is 7.14. The fraction of sp³-hybridized carbons (Fsp3) is 0.318. The van der Waals surface area contributed by atoms with Gasteiger partial charge in [-0.05, 0) is 41.8 Å². The molecule has 1 N–H and O–H groups in total. The van der Waals surface area contributed by atoms with E-state index in [1.54, 1.807) is 25.1 Å². The van der Waals surface area contributed by atoms with Gasteiger partial charge in [-0.1, -0.05) is 23.4 Å². The maximum atomic E-state index is 12.4. The molecule has 1 amide bonds. The Hall–Kier alpha value is -3.39. The third kappa shape index (κ3) is 4.28. The topological polar surface area (TPSA) is 81.5 Å². The van der Waals surface area contributed by atoms with Crippen LogP contribution < -0.4 is 14.8 Å². The molecule has 2 aromatic carbocycles. The molecule has 0 unspecified atom stereocenters. The van der Waals surface area contributed by atoms with Crippen LogP contribution in [0.3, 0.4) is 0 Å². The molecule has 0 fully saturated rings. The molecule has 4 rings (SSSR count). The van der Waals surface area contributed by atoms with Gasteiger partial charge in [-0.3, -0.25) is 9.69 Å². The highest BCUT2D eigenvalue weighted by Gasteiger charge is 2.19. The minimum absolute atomic E-state index is 0.221. The number of carbonyl (C=O) groups is 1. The molecule has 8 nitrogen and oxygen atoms in total. The lowest BCUT2D eigenvalue weighted by Crippen LogP contribution is -2.38. The number of fused-ring (bicyclic) bond motifs is 1. The van der Waals surface area contributed by atoms with Crippen LogP contribution in [0.15, 0.2) is 48.7 Å². The molecule has 1 aliphatic heterocycles. The summed E-state index contributed by atoms with van der Waals surface area (Å²) in [6.07, 6.45) is 2.58. The minimum atomic E-state index is -0.221. The summed E-state index contributed by atoms with van der Waals surface area (Å²) in [6, 6.07) is 13.7. The van der Waals surface area contributed by atoms with E-state index in [4.69, 9.17) is 9.47 Å². The van der Waals surface area contributed by atoms with E-state index >= 15 is 0 Å². The van der Waals surface area contributed by atoms with Crippen LogP contribution in [0.25, 0.3) is 5.69 Å². The van der Waals surface area contributed by atoms with Gasteiger partial charge < -0.3 is 14.8 Å². The van der Waals surface area contributed by atoms with E-state index in [2.05, 4.69) is 26.6 Å². The number of aromatic nitrogens is 3. The van der Waals surface area contributed by atoms with Crippen molar-refractivity contribution in [3.8, 4) is 17.2 Å². The molecular formula is C22H25N5O3. The average molecular weight is 407 g/mol. The van der Waals surface area contributed by atoms with Gasteiger partial charge in [0.25, 0.3) is 5.91 Å². The summed E-state index contributed by atoms with van der Waals surface area (Å²) in [5, 5.41) is 11.0. The summed E-state index contributed by atoms with van der Waals surface area (Å²) in [6.45, 7) is 3.05. The highest BCUT2D eigenvalue weighted by Crippen LogP contribution is 2.33. The standard InChI is InChI=1S/C22H25N5O3/c1-29-20-12-16-8-10-26(14-17(16)13-21(20)30-2)11-9-23-22(28)19-15-27(25-24-19)18-6-4-3-5-7-18/h3-7,12-13,15H,8-11,14H2,1-2H3,(H,23,28). The number of nitrogens with zero attached hydrogens (tertiary/aromatic N) is 4. The van der Waals surface area contributed by atoms with Crippen molar-refractivity contribution in [2.75, 3.05) is 33.9 Å². The van der Waals surface area contributed by atoms with E-state index in [0.29, 0.717) is 12.2 Å². The molecule has 0 saturated heterocycles. The summed E-state index contributed by atoms with van der Waals surface area (Å²) in [5.41, 5.74) is 3.68. The van der Waals surface area contributed by atoms with Gasteiger partial charge >= 0.3 is 0 Å². The van der Waals surface area contributed by atoms with E-state index in [1.165, 1.54) is 11.1 Å². The van der Waals surface area contributed by atoms with Crippen molar-refractivity contribution in [3.63, 3.8) is 0 Å². The number of ether oxygens (including phenoxy) is 2. The van der Waals surface area contributed by atoms with Crippen LogP contribution in [0.4, 0.5) is 0 Å². The van der Waals surface area contributed by atoms with Gasteiger partial charge in [-0.15, -0.1) is 5.10 Å². The number of para-hydroxylation sites is 1. The predicted molar refractivity (Wildman–Crippen MR) is 112 cm³/mol. The smallest absolute Gasteiger partial charge is 0.273 e. The Morgan fingerprint density at radius 3 is 2.57 bits per heavy atom. The maximum Gasteiger partial charge on any atom is 0.273 e. The number of nitrogens with one attached hydrogen (secondary N) is 1. The monoisotopic (exact) mass is 407 g/mol. The zero-order valence-corrected chi connectivity index (χ0v) is 17.2. The molecule has 0 bridgehead atoms. The van der Waals surface area contributed by atoms with Crippen molar-refractivity contribution in [1.29, 1.82) is 0 Å². The molecule has 3 aromatic rings. The highest BCUT2D eigenvalue weighted by molar-refractivity contribution is 5.91. The summed E-state index contributed by atoms with van der Waals surface area (Å²) < 4.78 is 12.4. The molecule has 0 aliphatic carbocycles. The number of carbonyl (C=O) groups excluding carboxylic acids is 1. The number of amides is 1. The second kappa shape index (κ2) is 8.96. The van der Waals surface area contributed by atoms with Gasteiger partial charge in [0.1, 0.15) is 0 Å². The molecular weight excluding hydrogens is 382 g/mol. The summed E-state index contributed by atoms with van der Waals surface area (Å²) >= 11 is 0. The molecule has 156 valence electrons. The normalized spacial score (nSPS) is 13.5. The van der Waals surface area contributed by atoms with Crippen LogP contribution in [0.2, 0.25) is 0 Å². The predicted octanol–water partition coefficient (Wildman–Crippen LogP) is 2.07. The molecule has 0 saturated carbocycles. The molecule has 2 heterocycles. The first-order valence-corrected chi connectivity index (χ1v) is 9.90. The van der Waals surface area contributed by atoms with Crippen molar-refractivity contribution in [1.82, 2.24) is 25.2 Å². The van der Waals surface area contributed by atoms with E-state index in [0.717, 1.165) is 43.2 Å². The first-order valence-electron chi connectivity index (χ1n) is 9.90. The molecule has 0 radical (unpaired) electrons. The Balaban J connectivity index is 1.31. The Labute approximate surface area is 175 Å². The van der Waals surface area contributed by atoms with Crippen molar-refractivity contribution < 1.29 is 14.3 Å². The number of hydrogen-bond donors (Lipinski definition) is 1. The molecule has 0 atom stereocenters. The third-order valence-electron chi connectivity index (χ3n) is 5.26. The zero-order chi connectivity index (χ0) is 20.9. The van der Waals surface area contributed by atoms with Crippen LogP contribution in [0, 0.1) is 0 Å². The van der Waals surface area contributed by atoms with Crippen LogP contribution >= 0.6 is 0 Å². The largest absolute Gasteiger partial charge is 0.493 e. The van der Waals surface area contributed by atoms with Gasteiger partial charge in [0.15, 0.2) is 17.2 Å². The van der Waals surface area contributed by atoms with E-state index in [9.17, 15) is 4.79 Å². The highest BCUT2D eigenvalue weighted by atomic mass is 16.5. The Bertz CT molecular complexity index is 1020. The van der Waals surface area contributed by atoms with Crippen LogP contribution in [0.5, 0.6) is 11.5 Å². The van der Waals surface area contributed by atoms with Crippen molar-refractivity contribution in [2.24, 2.45) is 0 Å². The number of methoxy groups -OCH3 is 2. The van der Waals surface area contributed by atoms with E-state index < -0.39 is 0 Å². The number of benzene rings is 2. The summed E-state index contributed by atoms with van der Waals surface area (Å²) in [7, 11) is 3.30. The SMILES string of the molecule is COc1cc2c(cc1OC)CN(CCNC(=O)c1cn(-c3ccccc3)nn1)CC2. The fourth-order valence-corrected chi connectivity index (χ4v) is 3.63. The molecule has 8 heteroatoms. The van der Waals surface area contributed by atoms with Crippen molar-refractivity contribution in [3.05, 3.63) is 65.5 Å². The second-order valence-corrected chi connectivity index (χ2v) is 7.14. The number of rotatable bonds is 7. The van der Waals surface area contributed by atoms with Crippen molar-refractivity contribution >= 4 is 5.91 Å². The number of hydrogen-bond acceptors (Lipinski definition) is 6. The molecule has 0 spiro atoms. The average Bonchev–Trinajstić information content (AvgIpc) is 3.29. The minimum Gasteiger partial charge on any atom is -0.493 e. The Morgan fingerprint density at radius 2 is 1.83 bits per heavy atom. The van der Waals surface area contributed by atoms with E-state index in [-0.39, 0.29) is 5.91 Å². The molecule has 30 heavy (non-hydrogen) atoms. The molecule has 1 aromatic heterocycles. The van der Waals surface area contributed by atoms with Crippen LogP contribution in [0.1, 0.15) is 21.6 Å². The van der Waals surface area contributed by atoms with Gasteiger partial charge in [0.2, 0.25) is 0 Å². The van der Waals surface area contributed by atoms with Gasteiger partial charge in [-0.2, -0.15) is 0 Å². The van der Waals surface area contributed by atoms with E-state index in [1.807, 2.05) is 36.4 Å².